The minimum absolute atomic E-state index is 0.00755. The molecule has 0 spiro atoms. The maximum Gasteiger partial charge on any atom is 0.311 e. The lowest BCUT2D eigenvalue weighted by Crippen LogP contribution is -2.43. The van der Waals surface area contributed by atoms with Crippen LogP contribution in [-0.2, 0) is 16.0 Å². The van der Waals surface area contributed by atoms with Crippen LogP contribution in [0, 0.1) is 5.41 Å². The van der Waals surface area contributed by atoms with E-state index in [4.69, 9.17) is 0 Å². The molecule has 0 atom stereocenters. The number of hydrogen-bond donors (Lipinski definition) is 3. The van der Waals surface area contributed by atoms with Crippen LogP contribution in [0.5, 0.6) is 0 Å². The van der Waals surface area contributed by atoms with Crippen molar-refractivity contribution in [2.24, 2.45) is 5.41 Å². The van der Waals surface area contributed by atoms with Gasteiger partial charge in [0.15, 0.2) is 0 Å². The molecule has 5 heteroatoms. The van der Waals surface area contributed by atoms with E-state index in [0.29, 0.717) is 13.0 Å². The van der Waals surface area contributed by atoms with Crippen molar-refractivity contribution in [3.05, 3.63) is 23.8 Å². The fourth-order valence-corrected chi connectivity index (χ4v) is 2.68. The average Bonchev–Trinajstić information content (AvgIpc) is 2.66. The third kappa shape index (κ3) is 2.05. The van der Waals surface area contributed by atoms with E-state index < -0.39 is 11.4 Å². The van der Waals surface area contributed by atoms with Gasteiger partial charge in [-0.3, -0.25) is 9.59 Å². The van der Waals surface area contributed by atoms with Crippen LogP contribution in [0.3, 0.4) is 0 Å². The van der Waals surface area contributed by atoms with Crippen LogP contribution in [0.1, 0.15) is 24.8 Å². The monoisotopic (exact) mass is 260 g/mol. The Morgan fingerprint density at radius 3 is 2.84 bits per heavy atom. The van der Waals surface area contributed by atoms with Gasteiger partial charge in [0.2, 0.25) is 5.91 Å². The smallest absolute Gasteiger partial charge is 0.311 e. The van der Waals surface area contributed by atoms with Gasteiger partial charge in [0.25, 0.3) is 0 Å². The minimum atomic E-state index is -0.718. The predicted molar refractivity (Wildman–Crippen MR) is 71.2 cm³/mol. The first-order chi connectivity index (χ1) is 9.09. The van der Waals surface area contributed by atoms with Gasteiger partial charge in [-0.25, -0.2) is 0 Å². The first kappa shape index (κ1) is 12.0. The molecule has 0 radical (unpaired) electrons. The molecule has 1 amide bonds. The zero-order chi connectivity index (χ0) is 13.5. The standard InChI is InChI=1S/C14H16N2O3/c17-12-7-9-6-10(2-3-11(9)16-12)15-8-14(13(18)19)4-1-5-14/h2-3,6,15H,1,4-5,7-8H2,(H,16,17)(H,18,19). The van der Waals surface area contributed by atoms with Crippen LogP contribution < -0.4 is 10.6 Å². The summed E-state index contributed by atoms with van der Waals surface area (Å²) >= 11 is 0. The van der Waals surface area contributed by atoms with Gasteiger partial charge in [-0.05, 0) is 36.6 Å². The maximum atomic E-state index is 11.3. The third-order valence-electron chi connectivity index (χ3n) is 4.13. The largest absolute Gasteiger partial charge is 0.481 e. The molecule has 5 nitrogen and oxygen atoms in total. The Morgan fingerprint density at radius 2 is 2.21 bits per heavy atom. The number of rotatable bonds is 4. The van der Waals surface area contributed by atoms with E-state index in [1.807, 2.05) is 18.2 Å². The van der Waals surface area contributed by atoms with Crippen LogP contribution in [-0.4, -0.2) is 23.5 Å². The van der Waals surface area contributed by atoms with Gasteiger partial charge in [0.05, 0.1) is 11.8 Å². The van der Waals surface area contributed by atoms with Crippen molar-refractivity contribution in [3.63, 3.8) is 0 Å². The van der Waals surface area contributed by atoms with Crippen molar-refractivity contribution in [1.29, 1.82) is 0 Å². The summed E-state index contributed by atoms with van der Waals surface area (Å²) < 4.78 is 0. The molecule has 1 saturated carbocycles. The van der Waals surface area contributed by atoms with Crippen LogP contribution in [0.4, 0.5) is 11.4 Å². The number of nitrogens with one attached hydrogen (secondary N) is 2. The minimum Gasteiger partial charge on any atom is -0.481 e. The van der Waals surface area contributed by atoms with E-state index in [2.05, 4.69) is 10.6 Å². The molecule has 100 valence electrons. The van der Waals surface area contributed by atoms with Crippen molar-refractivity contribution in [2.75, 3.05) is 17.2 Å². The molecular formula is C14H16N2O3. The van der Waals surface area contributed by atoms with E-state index in [0.717, 1.165) is 36.2 Å². The molecule has 1 aromatic rings. The normalized spacial score (nSPS) is 19.3. The summed E-state index contributed by atoms with van der Waals surface area (Å²) in [5.74, 6) is -0.711. The van der Waals surface area contributed by atoms with Crippen molar-refractivity contribution < 1.29 is 14.7 Å². The van der Waals surface area contributed by atoms with E-state index in [-0.39, 0.29) is 5.91 Å². The van der Waals surface area contributed by atoms with Gasteiger partial charge in [-0.15, -0.1) is 0 Å². The molecule has 3 rings (SSSR count). The Morgan fingerprint density at radius 1 is 1.42 bits per heavy atom. The summed E-state index contributed by atoms with van der Waals surface area (Å²) in [5, 5.41) is 15.2. The molecule has 3 N–H and O–H groups in total. The zero-order valence-corrected chi connectivity index (χ0v) is 10.5. The van der Waals surface area contributed by atoms with Crippen LogP contribution in [0.15, 0.2) is 18.2 Å². The number of carbonyl (C=O) groups excluding carboxylic acids is 1. The number of benzene rings is 1. The molecule has 1 aromatic carbocycles. The summed E-state index contributed by atoms with van der Waals surface area (Å²) in [4.78, 5) is 22.5. The highest BCUT2D eigenvalue weighted by atomic mass is 16.4. The molecular weight excluding hydrogens is 244 g/mol. The van der Waals surface area contributed by atoms with Gasteiger partial charge in [0, 0.05) is 17.9 Å². The van der Waals surface area contributed by atoms with E-state index in [1.54, 1.807) is 0 Å². The van der Waals surface area contributed by atoms with Gasteiger partial charge in [-0.2, -0.15) is 0 Å². The van der Waals surface area contributed by atoms with Gasteiger partial charge in [0.1, 0.15) is 0 Å². The first-order valence-corrected chi connectivity index (χ1v) is 6.49. The van der Waals surface area contributed by atoms with Gasteiger partial charge < -0.3 is 15.7 Å². The van der Waals surface area contributed by atoms with Crippen LogP contribution >= 0.6 is 0 Å². The van der Waals surface area contributed by atoms with Crippen molar-refractivity contribution in [2.45, 2.75) is 25.7 Å². The van der Waals surface area contributed by atoms with E-state index in [9.17, 15) is 14.7 Å². The molecule has 0 bridgehead atoms. The van der Waals surface area contributed by atoms with E-state index >= 15 is 0 Å². The lowest BCUT2D eigenvalue weighted by atomic mass is 9.69. The molecule has 2 aliphatic rings. The number of carbonyl (C=O) groups is 2. The number of carboxylic acids is 1. The van der Waals surface area contributed by atoms with Crippen LogP contribution in [0.25, 0.3) is 0 Å². The lowest BCUT2D eigenvalue weighted by molar-refractivity contribution is -0.153. The fourth-order valence-electron chi connectivity index (χ4n) is 2.68. The topological polar surface area (TPSA) is 78.4 Å². The highest BCUT2D eigenvalue weighted by Gasteiger charge is 2.44. The number of anilines is 2. The molecule has 1 fully saturated rings. The molecule has 1 aliphatic carbocycles. The number of fused-ring (bicyclic) bond motifs is 1. The first-order valence-electron chi connectivity index (χ1n) is 6.49. The molecule has 19 heavy (non-hydrogen) atoms. The molecule has 1 aliphatic heterocycles. The van der Waals surface area contributed by atoms with Gasteiger partial charge >= 0.3 is 5.97 Å². The Kier molecular flexibility index (Phi) is 2.69. The molecule has 0 unspecified atom stereocenters. The number of hydrogen-bond acceptors (Lipinski definition) is 3. The average molecular weight is 260 g/mol. The fraction of sp³-hybridized carbons (Fsp3) is 0.429. The second kappa shape index (κ2) is 4.26. The number of amides is 1. The maximum absolute atomic E-state index is 11.3. The van der Waals surface area contributed by atoms with Crippen molar-refractivity contribution >= 4 is 23.3 Å². The van der Waals surface area contributed by atoms with Crippen molar-refractivity contribution in [3.8, 4) is 0 Å². The second-order valence-corrected chi connectivity index (χ2v) is 5.39. The van der Waals surface area contributed by atoms with Gasteiger partial charge in [-0.1, -0.05) is 6.42 Å². The van der Waals surface area contributed by atoms with Crippen molar-refractivity contribution in [1.82, 2.24) is 0 Å². The summed E-state index contributed by atoms with van der Waals surface area (Å²) in [6.45, 7) is 0.447. The highest BCUT2D eigenvalue weighted by molar-refractivity contribution is 5.99. The second-order valence-electron chi connectivity index (χ2n) is 5.39. The summed E-state index contributed by atoms with van der Waals surface area (Å²) in [6.07, 6.45) is 2.85. The number of aliphatic carboxylic acids is 1. The molecule has 1 heterocycles. The molecule has 0 saturated heterocycles. The highest BCUT2D eigenvalue weighted by Crippen LogP contribution is 2.41. The molecule has 0 aromatic heterocycles. The SMILES string of the molecule is O=C1Cc2cc(NCC3(C(=O)O)CCC3)ccc2N1. The summed E-state index contributed by atoms with van der Waals surface area (Å²) in [6, 6.07) is 5.65. The van der Waals surface area contributed by atoms with E-state index in [1.165, 1.54) is 0 Å². The third-order valence-corrected chi connectivity index (χ3v) is 4.13. The zero-order valence-electron chi connectivity index (χ0n) is 10.5. The summed E-state index contributed by atoms with van der Waals surface area (Å²) in [7, 11) is 0. The predicted octanol–water partition coefficient (Wildman–Crippen LogP) is 1.85. The Balaban J connectivity index is 1.70. The Hall–Kier alpha value is -2.04. The Labute approximate surface area is 111 Å². The number of carboxylic acid groups (broad SMARTS) is 1. The quantitative estimate of drug-likeness (QED) is 0.772. The van der Waals surface area contributed by atoms with Crippen LogP contribution in [0.2, 0.25) is 0 Å². The Bertz CT molecular complexity index is 550. The lowest BCUT2D eigenvalue weighted by Gasteiger charge is -2.37. The summed E-state index contributed by atoms with van der Waals surface area (Å²) in [5.41, 5.74) is 2.09.